The molecular formula is C28H26ClFN2O4. The molecule has 0 bridgehead atoms. The van der Waals surface area contributed by atoms with Crippen LogP contribution in [0.2, 0.25) is 5.02 Å². The zero-order valence-electron chi connectivity index (χ0n) is 19.9. The number of carbonyl (C=O) groups is 2. The molecule has 186 valence electrons. The van der Waals surface area contributed by atoms with Crippen molar-refractivity contribution in [3.05, 3.63) is 101 Å². The van der Waals surface area contributed by atoms with Gasteiger partial charge in [0.1, 0.15) is 11.6 Å². The van der Waals surface area contributed by atoms with Crippen LogP contribution in [-0.4, -0.2) is 36.1 Å². The van der Waals surface area contributed by atoms with Crippen LogP contribution in [0.3, 0.4) is 0 Å². The van der Waals surface area contributed by atoms with Crippen molar-refractivity contribution in [3.8, 4) is 5.75 Å². The molecule has 8 heteroatoms. The Kier molecular flexibility index (Phi) is 7.90. The Bertz CT molecular complexity index is 1340. The van der Waals surface area contributed by atoms with E-state index in [1.807, 2.05) is 37.3 Å². The topological polar surface area (TPSA) is 71.6 Å². The third kappa shape index (κ3) is 5.52. The Morgan fingerprint density at radius 3 is 2.67 bits per heavy atom. The maximum absolute atomic E-state index is 13.3. The van der Waals surface area contributed by atoms with Gasteiger partial charge in [-0.15, -0.1) is 0 Å². The van der Waals surface area contributed by atoms with E-state index in [4.69, 9.17) is 21.1 Å². The van der Waals surface area contributed by atoms with Crippen molar-refractivity contribution in [2.75, 3.05) is 13.7 Å². The minimum Gasteiger partial charge on any atom is -0.471 e. The SMILES string of the molecule is CC1=CC=CC(C2c3[nH]c4ccc(Cl)cc4c3CCN2C(=O)Oc2ccc(F)cc2)C=C1.COC=O. The zero-order chi connectivity index (χ0) is 25.7. The number of hydrogen-bond donors (Lipinski definition) is 1. The van der Waals surface area contributed by atoms with Crippen LogP contribution < -0.4 is 4.74 Å². The van der Waals surface area contributed by atoms with Crippen molar-refractivity contribution in [2.45, 2.75) is 19.4 Å². The summed E-state index contributed by atoms with van der Waals surface area (Å²) in [5.74, 6) is -0.112. The second kappa shape index (κ2) is 11.3. The summed E-state index contributed by atoms with van der Waals surface area (Å²) in [6, 6.07) is 11.0. The van der Waals surface area contributed by atoms with Gasteiger partial charge in [-0.25, -0.2) is 9.18 Å². The molecule has 1 aliphatic carbocycles. The number of H-pyrrole nitrogens is 1. The van der Waals surface area contributed by atoms with Gasteiger partial charge in [-0.05, 0) is 61.4 Å². The fourth-order valence-corrected chi connectivity index (χ4v) is 4.66. The molecule has 2 aromatic carbocycles. The highest BCUT2D eigenvalue weighted by atomic mass is 35.5. The third-order valence-electron chi connectivity index (χ3n) is 6.12. The summed E-state index contributed by atoms with van der Waals surface area (Å²) in [4.78, 5) is 27.5. The average molecular weight is 509 g/mol. The number of amides is 1. The molecule has 0 spiro atoms. The molecule has 2 atom stereocenters. The third-order valence-corrected chi connectivity index (χ3v) is 6.36. The molecule has 1 aromatic heterocycles. The predicted molar refractivity (Wildman–Crippen MR) is 137 cm³/mol. The minimum atomic E-state index is -0.459. The number of nitrogens with one attached hydrogen (secondary N) is 1. The maximum atomic E-state index is 13.3. The molecule has 0 fully saturated rings. The second-order valence-corrected chi connectivity index (χ2v) is 8.92. The van der Waals surface area contributed by atoms with Gasteiger partial charge in [0.2, 0.25) is 0 Å². The summed E-state index contributed by atoms with van der Waals surface area (Å²) in [7, 11) is 1.31. The van der Waals surface area contributed by atoms with E-state index in [2.05, 4.69) is 27.9 Å². The summed E-state index contributed by atoms with van der Waals surface area (Å²) in [5.41, 5.74) is 4.30. The van der Waals surface area contributed by atoms with E-state index >= 15 is 0 Å². The molecule has 6 nitrogen and oxygen atoms in total. The van der Waals surface area contributed by atoms with Gasteiger partial charge in [-0.1, -0.05) is 47.6 Å². The van der Waals surface area contributed by atoms with Crippen molar-refractivity contribution in [1.82, 2.24) is 9.88 Å². The van der Waals surface area contributed by atoms with Gasteiger partial charge in [-0.2, -0.15) is 0 Å². The first-order valence-electron chi connectivity index (χ1n) is 11.4. The van der Waals surface area contributed by atoms with E-state index in [9.17, 15) is 9.18 Å². The average Bonchev–Trinajstić information content (AvgIpc) is 3.10. The van der Waals surface area contributed by atoms with E-state index in [1.165, 1.54) is 36.9 Å². The van der Waals surface area contributed by atoms with E-state index in [1.54, 1.807) is 4.90 Å². The Morgan fingerprint density at radius 2 is 1.94 bits per heavy atom. The fraction of sp³-hybridized carbons (Fsp3) is 0.214. The number of rotatable bonds is 3. The first kappa shape index (κ1) is 25.3. The second-order valence-electron chi connectivity index (χ2n) is 8.48. The summed E-state index contributed by atoms with van der Waals surface area (Å²) < 4.78 is 22.7. The van der Waals surface area contributed by atoms with Crippen LogP contribution in [-0.2, 0) is 16.0 Å². The first-order chi connectivity index (χ1) is 17.4. The quantitative estimate of drug-likeness (QED) is 0.408. The number of halogens is 2. The van der Waals surface area contributed by atoms with Gasteiger partial charge in [0, 0.05) is 34.1 Å². The molecule has 1 N–H and O–H groups in total. The number of aromatic nitrogens is 1. The summed E-state index contributed by atoms with van der Waals surface area (Å²) >= 11 is 6.27. The van der Waals surface area contributed by atoms with Gasteiger partial charge >= 0.3 is 6.09 Å². The Labute approximate surface area is 213 Å². The van der Waals surface area contributed by atoms with Crippen LogP contribution in [0.5, 0.6) is 5.75 Å². The van der Waals surface area contributed by atoms with Crippen molar-refractivity contribution in [2.24, 2.45) is 5.92 Å². The van der Waals surface area contributed by atoms with E-state index in [0.29, 0.717) is 30.2 Å². The van der Waals surface area contributed by atoms with Crippen molar-refractivity contribution < 1.29 is 23.5 Å². The Balaban J connectivity index is 0.000000709. The lowest BCUT2D eigenvalue weighted by Gasteiger charge is -2.37. The van der Waals surface area contributed by atoms with Gasteiger partial charge in [0.25, 0.3) is 6.47 Å². The number of fused-ring (bicyclic) bond motifs is 3. The fourth-order valence-electron chi connectivity index (χ4n) is 4.49. The zero-order valence-corrected chi connectivity index (χ0v) is 20.7. The molecule has 2 heterocycles. The summed E-state index contributed by atoms with van der Waals surface area (Å²) in [6.45, 7) is 2.92. The number of ether oxygens (including phenoxy) is 2. The van der Waals surface area contributed by atoms with Gasteiger partial charge in [0.05, 0.1) is 13.2 Å². The lowest BCUT2D eigenvalue weighted by Crippen LogP contribution is -2.44. The van der Waals surface area contributed by atoms with Crippen molar-refractivity contribution in [3.63, 3.8) is 0 Å². The molecule has 0 radical (unpaired) electrons. The highest BCUT2D eigenvalue weighted by Gasteiger charge is 2.38. The molecule has 36 heavy (non-hydrogen) atoms. The maximum Gasteiger partial charge on any atom is 0.415 e. The number of allylic oxidation sites excluding steroid dienone is 4. The van der Waals surface area contributed by atoms with Gasteiger partial charge in [-0.3, -0.25) is 9.69 Å². The number of methoxy groups -OCH3 is 1. The van der Waals surface area contributed by atoms with Gasteiger partial charge in [0.15, 0.2) is 0 Å². The van der Waals surface area contributed by atoms with E-state index in [0.717, 1.165) is 22.2 Å². The number of hydrogen-bond acceptors (Lipinski definition) is 4. The van der Waals surface area contributed by atoms with Gasteiger partial charge < -0.3 is 14.5 Å². The largest absolute Gasteiger partial charge is 0.471 e. The lowest BCUT2D eigenvalue weighted by molar-refractivity contribution is -0.126. The summed E-state index contributed by atoms with van der Waals surface area (Å²) in [5, 5.41) is 1.77. The molecule has 5 rings (SSSR count). The molecule has 2 unspecified atom stereocenters. The van der Waals surface area contributed by atoms with Crippen molar-refractivity contribution >= 4 is 35.1 Å². The smallest absolute Gasteiger partial charge is 0.415 e. The number of benzene rings is 2. The lowest BCUT2D eigenvalue weighted by atomic mass is 9.88. The normalized spacial score (nSPS) is 18.4. The number of nitrogens with zero attached hydrogens (tertiary/aromatic N) is 1. The molecule has 0 saturated carbocycles. The van der Waals surface area contributed by atoms with Crippen molar-refractivity contribution in [1.29, 1.82) is 0 Å². The van der Waals surface area contributed by atoms with Crippen LogP contribution in [0.1, 0.15) is 24.2 Å². The van der Waals surface area contributed by atoms with Crippen LogP contribution >= 0.6 is 11.6 Å². The molecule has 1 amide bonds. The summed E-state index contributed by atoms with van der Waals surface area (Å²) in [6.07, 6.45) is 10.6. The van der Waals surface area contributed by atoms with Crippen LogP contribution in [0.25, 0.3) is 10.9 Å². The standard InChI is InChI=1S/C26H22ClFN2O2.C2H4O2/c1-16-3-2-4-17(6-5-16)25-24-21(22-15-18(27)7-12-23(22)29-24)13-14-30(25)26(31)32-20-10-8-19(28)9-11-20;1-4-2-3/h2-12,15,17,25,29H,13-14H2,1H3;2H,1H3. The number of aromatic amines is 1. The Morgan fingerprint density at radius 1 is 1.19 bits per heavy atom. The molecule has 2 aliphatic rings. The number of carbonyl (C=O) groups excluding carboxylic acids is 2. The molecular weight excluding hydrogens is 483 g/mol. The highest BCUT2D eigenvalue weighted by molar-refractivity contribution is 6.31. The molecule has 3 aromatic rings. The van der Waals surface area contributed by atoms with Crippen LogP contribution in [0.4, 0.5) is 9.18 Å². The van der Waals surface area contributed by atoms with Crippen LogP contribution in [0.15, 0.2) is 78.4 Å². The molecule has 0 saturated heterocycles. The van der Waals surface area contributed by atoms with Crippen LogP contribution in [0, 0.1) is 11.7 Å². The minimum absolute atomic E-state index is 0.0490. The Hall–Kier alpha value is -3.84. The monoisotopic (exact) mass is 508 g/mol. The molecule has 1 aliphatic heterocycles. The predicted octanol–water partition coefficient (Wildman–Crippen LogP) is 6.54. The van der Waals surface area contributed by atoms with E-state index < -0.39 is 6.09 Å². The first-order valence-corrected chi connectivity index (χ1v) is 11.8. The van der Waals surface area contributed by atoms with E-state index in [-0.39, 0.29) is 17.8 Å². The highest BCUT2D eigenvalue weighted by Crippen LogP contribution is 2.41.